The van der Waals surface area contributed by atoms with Gasteiger partial charge in [0.05, 0.1) is 6.61 Å². The summed E-state index contributed by atoms with van der Waals surface area (Å²) in [5.74, 6) is 1.09. The van der Waals surface area contributed by atoms with E-state index in [9.17, 15) is 10.1 Å². The molecule has 140 valence electrons. The fourth-order valence-corrected chi connectivity index (χ4v) is 2.74. The fraction of sp³-hybridized carbons (Fsp3) is 0.0909. The lowest BCUT2D eigenvalue weighted by Crippen LogP contribution is -2.13. The molecule has 1 amide bonds. The second-order valence-electron chi connectivity index (χ2n) is 5.80. The molecule has 0 unspecified atom stereocenters. The van der Waals surface area contributed by atoms with Crippen LogP contribution in [0.2, 0.25) is 5.02 Å². The number of nitrogens with zero attached hydrogens (tertiary/aromatic N) is 1. The number of nitrogens with one attached hydrogen (secondary N) is 1. The van der Waals surface area contributed by atoms with Crippen molar-refractivity contribution < 1.29 is 13.9 Å². The molecule has 5 nitrogen and oxygen atoms in total. The number of ether oxygens (including phenoxy) is 1. The SMILES string of the molecule is CCOc1cccc(NC(=O)/C(C#N)=C\c2ccc(-c3cccc(Cl)c3)o2)c1. The van der Waals surface area contributed by atoms with Gasteiger partial charge in [-0.05, 0) is 43.3 Å². The van der Waals surface area contributed by atoms with Crippen molar-refractivity contribution in [1.29, 1.82) is 5.26 Å². The molecule has 0 saturated carbocycles. The van der Waals surface area contributed by atoms with Crippen LogP contribution < -0.4 is 10.1 Å². The maximum Gasteiger partial charge on any atom is 0.266 e. The molecule has 3 aromatic rings. The van der Waals surface area contributed by atoms with Gasteiger partial charge in [0, 0.05) is 28.4 Å². The smallest absolute Gasteiger partial charge is 0.266 e. The van der Waals surface area contributed by atoms with E-state index in [1.54, 1.807) is 48.5 Å². The predicted molar refractivity (Wildman–Crippen MR) is 109 cm³/mol. The van der Waals surface area contributed by atoms with E-state index in [4.69, 9.17) is 20.8 Å². The Morgan fingerprint density at radius 3 is 2.79 bits per heavy atom. The van der Waals surface area contributed by atoms with Crippen LogP contribution in [0.3, 0.4) is 0 Å². The average Bonchev–Trinajstić information content (AvgIpc) is 3.15. The highest BCUT2D eigenvalue weighted by molar-refractivity contribution is 6.30. The van der Waals surface area contributed by atoms with Gasteiger partial charge in [-0.1, -0.05) is 29.8 Å². The number of halogens is 1. The van der Waals surface area contributed by atoms with E-state index < -0.39 is 5.91 Å². The highest BCUT2D eigenvalue weighted by Gasteiger charge is 2.12. The summed E-state index contributed by atoms with van der Waals surface area (Å²) in [6.07, 6.45) is 1.40. The molecule has 1 N–H and O–H groups in total. The van der Waals surface area contributed by atoms with E-state index in [0.29, 0.717) is 34.6 Å². The van der Waals surface area contributed by atoms with E-state index in [0.717, 1.165) is 5.56 Å². The lowest BCUT2D eigenvalue weighted by atomic mass is 10.2. The first-order valence-corrected chi connectivity index (χ1v) is 8.98. The van der Waals surface area contributed by atoms with Crippen molar-refractivity contribution in [3.8, 4) is 23.1 Å². The van der Waals surface area contributed by atoms with Crippen molar-refractivity contribution in [1.82, 2.24) is 0 Å². The molecule has 6 heteroatoms. The largest absolute Gasteiger partial charge is 0.494 e. The molecule has 0 saturated heterocycles. The maximum absolute atomic E-state index is 12.4. The van der Waals surface area contributed by atoms with Crippen molar-refractivity contribution in [2.24, 2.45) is 0 Å². The summed E-state index contributed by atoms with van der Waals surface area (Å²) in [5.41, 5.74) is 1.27. The highest BCUT2D eigenvalue weighted by Crippen LogP contribution is 2.26. The molecule has 28 heavy (non-hydrogen) atoms. The summed E-state index contributed by atoms with van der Waals surface area (Å²) >= 11 is 6.00. The Morgan fingerprint density at radius 2 is 2.04 bits per heavy atom. The number of carbonyl (C=O) groups excluding carboxylic acids is 1. The zero-order valence-electron chi connectivity index (χ0n) is 15.1. The number of rotatable bonds is 6. The van der Waals surface area contributed by atoms with E-state index in [1.165, 1.54) is 6.08 Å². The topological polar surface area (TPSA) is 75.3 Å². The lowest BCUT2D eigenvalue weighted by molar-refractivity contribution is -0.112. The second-order valence-corrected chi connectivity index (χ2v) is 6.23. The monoisotopic (exact) mass is 392 g/mol. The van der Waals surface area contributed by atoms with E-state index >= 15 is 0 Å². The Labute approximate surface area is 167 Å². The van der Waals surface area contributed by atoms with Crippen molar-refractivity contribution in [3.05, 3.63) is 77.0 Å². The van der Waals surface area contributed by atoms with Crippen LogP contribution in [0, 0.1) is 11.3 Å². The van der Waals surface area contributed by atoms with Crippen LogP contribution in [0.1, 0.15) is 12.7 Å². The maximum atomic E-state index is 12.4. The third kappa shape index (κ3) is 4.81. The minimum atomic E-state index is -0.531. The van der Waals surface area contributed by atoms with Crippen molar-refractivity contribution in [2.75, 3.05) is 11.9 Å². The molecular weight excluding hydrogens is 376 g/mol. The molecule has 0 radical (unpaired) electrons. The standard InChI is InChI=1S/C22H17ClN2O3/c1-2-27-19-8-4-7-18(13-19)25-22(26)16(14-24)12-20-9-10-21(28-20)15-5-3-6-17(23)11-15/h3-13H,2H2,1H3,(H,25,26)/b16-12-. The lowest BCUT2D eigenvalue weighted by Gasteiger charge is -2.07. The van der Waals surface area contributed by atoms with Crippen molar-refractivity contribution >= 4 is 29.3 Å². The molecule has 0 bridgehead atoms. The van der Waals surface area contributed by atoms with Gasteiger partial charge in [-0.2, -0.15) is 5.26 Å². The van der Waals surface area contributed by atoms with Gasteiger partial charge in [0.25, 0.3) is 5.91 Å². The first kappa shape index (κ1) is 19.3. The Bertz CT molecular complexity index is 1060. The van der Waals surface area contributed by atoms with Gasteiger partial charge in [-0.25, -0.2) is 0 Å². The van der Waals surface area contributed by atoms with Gasteiger partial charge in [0.2, 0.25) is 0 Å². The molecule has 2 aromatic carbocycles. The number of amides is 1. The van der Waals surface area contributed by atoms with Crippen LogP contribution in [0.4, 0.5) is 5.69 Å². The molecule has 1 heterocycles. The first-order valence-electron chi connectivity index (χ1n) is 8.61. The number of anilines is 1. The molecule has 1 aromatic heterocycles. The molecule has 0 atom stereocenters. The van der Waals surface area contributed by atoms with Crippen molar-refractivity contribution in [3.63, 3.8) is 0 Å². The fourth-order valence-electron chi connectivity index (χ4n) is 2.55. The Balaban J connectivity index is 1.78. The van der Waals surface area contributed by atoms with Crippen LogP contribution in [-0.4, -0.2) is 12.5 Å². The van der Waals surface area contributed by atoms with E-state index in [2.05, 4.69) is 5.32 Å². The number of furan rings is 1. The highest BCUT2D eigenvalue weighted by atomic mass is 35.5. The van der Waals surface area contributed by atoms with Gasteiger partial charge < -0.3 is 14.5 Å². The molecule has 0 aliphatic carbocycles. The summed E-state index contributed by atoms with van der Waals surface area (Å²) < 4.78 is 11.1. The van der Waals surface area contributed by atoms with Gasteiger partial charge in [-0.3, -0.25) is 4.79 Å². The number of nitriles is 1. The third-order valence-electron chi connectivity index (χ3n) is 3.79. The summed E-state index contributed by atoms with van der Waals surface area (Å²) in [5, 5.41) is 12.7. The first-order chi connectivity index (χ1) is 13.6. The Hall–Kier alpha value is -3.49. The summed E-state index contributed by atoms with van der Waals surface area (Å²) in [6, 6.07) is 19.6. The summed E-state index contributed by atoms with van der Waals surface area (Å²) in [7, 11) is 0. The van der Waals surface area contributed by atoms with Gasteiger partial charge in [-0.15, -0.1) is 0 Å². The Morgan fingerprint density at radius 1 is 1.21 bits per heavy atom. The van der Waals surface area contributed by atoms with Gasteiger partial charge in [0.1, 0.15) is 28.9 Å². The quantitative estimate of drug-likeness (QED) is 0.441. The number of hydrogen-bond donors (Lipinski definition) is 1. The normalized spacial score (nSPS) is 11.0. The molecular formula is C22H17ClN2O3. The number of benzene rings is 2. The minimum absolute atomic E-state index is 0.0752. The zero-order chi connectivity index (χ0) is 19.9. The van der Waals surface area contributed by atoms with Gasteiger partial charge >= 0.3 is 0 Å². The molecule has 0 spiro atoms. The van der Waals surface area contributed by atoms with Crippen molar-refractivity contribution in [2.45, 2.75) is 6.92 Å². The van der Waals surface area contributed by atoms with Crippen LogP contribution in [0.5, 0.6) is 5.75 Å². The Kier molecular flexibility index (Phi) is 6.15. The average molecular weight is 393 g/mol. The summed E-state index contributed by atoms with van der Waals surface area (Å²) in [4.78, 5) is 12.4. The zero-order valence-corrected chi connectivity index (χ0v) is 15.9. The molecule has 0 fully saturated rings. The van der Waals surface area contributed by atoms with Crippen LogP contribution in [0.15, 0.2) is 70.7 Å². The van der Waals surface area contributed by atoms with E-state index in [-0.39, 0.29) is 5.57 Å². The molecule has 0 aliphatic rings. The van der Waals surface area contributed by atoms with Crippen LogP contribution >= 0.6 is 11.6 Å². The molecule has 3 rings (SSSR count). The third-order valence-corrected chi connectivity index (χ3v) is 4.03. The summed E-state index contributed by atoms with van der Waals surface area (Å²) in [6.45, 7) is 2.40. The van der Waals surface area contributed by atoms with Crippen LogP contribution in [0.25, 0.3) is 17.4 Å². The number of carbonyl (C=O) groups is 1. The predicted octanol–water partition coefficient (Wildman–Crippen LogP) is 5.54. The van der Waals surface area contributed by atoms with Gasteiger partial charge in [0.15, 0.2) is 0 Å². The molecule has 0 aliphatic heterocycles. The second kappa shape index (κ2) is 8.94. The minimum Gasteiger partial charge on any atom is -0.494 e. The van der Waals surface area contributed by atoms with Crippen LogP contribution in [-0.2, 0) is 4.79 Å². The van der Waals surface area contributed by atoms with E-state index in [1.807, 2.05) is 25.1 Å². The number of hydrogen-bond acceptors (Lipinski definition) is 4.